The van der Waals surface area contributed by atoms with Gasteiger partial charge in [-0.2, -0.15) is 5.10 Å². The summed E-state index contributed by atoms with van der Waals surface area (Å²) in [5.41, 5.74) is 1.03. The normalized spacial score (nSPS) is 13.9. The zero-order chi connectivity index (χ0) is 12.2. The summed E-state index contributed by atoms with van der Waals surface area (Å²) in [4.78, 5) is 0. The van der Waals surface area contributed by atoms with E-state index in [0.29, 0.717) is 6.54 Å². The van der Waals surface area contributed by atoms with Crippen LogP contribution in [0.1, 0.15) is 12.5 Å². The van der Waals surface area contributed by atoms with Gasteiger partial charge in [-0.15, -0.1) is 0 Å². The summed E-state index contributed by atoms with van der Waals surface area (Å²) < 4.78 is 27.0. The molecule has 2 N–H and O–H groups in total. The average Bonchev–Trinajstić information content (AvgIpc) is 2.62. The van der Waals surface area contributed by atoms with Crippen LogP contribution in [0.4, 0.5) is 0 Å². The molecule has 6 nitrogen and oxygen atoms in total. The lowest BCUT2D eigenvalue weighted by atomic mass is 10.4. The Morgan fingerprint density at radius 1 is 1.62 bits per heavy atom. The van der Waals surface area contributed by atoms with Crippen LogP contribution in [0, 0.1) is 6.92 Å². The molecule has 1 aromatic heterocycles. The van der Waals surface area contributed by atoms with Gasteiger partial charge in [-0.25, -0.2) is 13.1 Å². The maximum atomic E-state index is 11.5. The fourth-order valence-electron chi connectivity index (χ4n) is 1.13. The van der Waals surface area contributed by atoms with Crippen molar-refractivity contribution in [3.05, 3.63) is 18.0 Å². The first-order chi connectivity index (χ1) is 7.45. The number of aliphatic hydroxyl groups is 1. The third-order valence-corrected chi connectivity index (χ3v) is 4.01. The second kappa shape index (κ2) is 5.42. The largest absolute Gasteiger partial charge is 0.395 e. The summed E-state index contributed by atoms with van der Waals surface area (Å²) in [6.07, 6.45) is 3.55. The van der Waals surface area contributed by atoms with Gasteiger partial charge < -0.3 is 5.11 Å². The minimum atomic E-state index is -3.41. The number of aliphatic hydroxyl groups excluding tert-OH is 1. The number of hydrogen-bond acceptors (Lipinski definition) is 4. The van der Waals surface area contributed by atoms with Gasteiger partial charge in [0, 0.05) is 12.7 Å². The fraction of sp³-hybridized carbons (Fsp3) is 0.667. The van der Waals surface area contributed by atoms with Crippen molar-refractivity contribution in [2.45, 2.75) is 25.6 Å². The summed E-state index contributed by atoms with van der Waals surface area (Å²) in [6.45, 7) is 3.75. The number of aromatic nitrogens is 2. The van der Waals surface area contributed by atoms with Gasteiger partial charge >= 0.3 is 0 Å². The van der Waals surface area contributed by atoms with E-state index in [1.807, 2.05) is 13.1 Å². The topological polar surface area (TPSA) is 84.2 Å². The van der Waals surface area contributed by atoms with E-state index >= 15 is 0 Å². The maximum absolute atomic E-state index is 11.5. The highest BCUT2D eigenvalue weighted by Gasteiger charge is 2.18. The van der Waals surface area contributed by atoms with E-state index in [2.05, 4.69) is 9.82 Å². The van der Waals surface area contributed by atoms with E-state index in [4.69, 9.17) is 5.11 Å². The van der Waals surface area contributed by atoms with Crippen molar-refractivity contribution >= 4 is 10.0 Å². The van der Waals surface area contributed by atoms with Crippen LogP contribution in [-0.2, 0) is 16.6 Å². The molecule has 1 atom stereocenters. The molecule has 1 unspecified atom stereocenters. The summed E-state index contributed by atoms with van der Waals surface area (Å²) in [5.74, 6) is 0. The average molecular weight is 247 g/mol. The zero-order valence-electron chi connectivity index (χ0n) is 9.42. The first-order valence-corrected chi connectivity index (χ1v) is 6.58. The van der Waals surface area contributed by atoms with Crippen LogP contribution in [0.3, 0.4) is 0 Å². The molecule has 1 heterocycles. The highest BCUT2D eigenvalue weighted by Crippen LogP contribution is 1.97. The molecule has 92 valence electrons. The highest BCUT2D eigenvalue weighted by molar-refractivity contribution is 7.90. The molecule has 0 aliphatic rings. The van der Waals surface area contributed by atoms with Crippen molar-refractivity contribution < 1.29 is 13.5 Å². The maximum Gasteiger partial charge on any atom is 0.216 e. The Kier molecular flexibility index (Phi) is 4.45. The van der Waals surface area contributed by atoms with E-state index < -0.39 is 15.3 Å². The van der Waals surface area contributed by atoms with E-state index in [0.717, 1.165) is 5.56 Å². The molecule has 16 heavy (non-hydrogen) atoms. The Balaban J connectivity index is 2.41. The molecule has 0 aliphatic heterocycles. The third-order valence-electron chi connectivity index (χ3n) is 2.19. The molecular formula is C9H17N3O3S. The van der Waals surface area contributed by atoms with Crippen LogP contribution in [0.5, 0.6) is 0 Å². The van der Waals surface area contributed by atoms with Gasteiger partial charge in [0.1, 0.15) is 0 Å². The Morgan fingerprint density at radius 2 is 2.31 bits per heavy atom. The second-order valence-corrected chi connectivity index (χ2v) is 5.90. The second-order valence-electron chi connectivity index (χ2n) is 3.71. The molecule has 7 heteroatoms. The summed E-state index contributed by atoms with van der Waals surface area (Å²) in [7, 11) is -3.41. The number of sulfonamides is 1. The molecule has 0 bridgehead atoms. The molecule has 0 aromatic carbocycles. The highest BCUT2D eigenvalue weighted by atomic mass is 32.2. The molecule has 0 amide bonds. The molecule has 0 saturated carbocycles. The van der Waals surface area contributed by atoms with Crippen molar-refractivity contribution in [2.75, 3.05) is 13.2 Å². The summed E-state index contributed by atoms with van der Waals surface area (Å²) in [6, 6.07) is 0. The quantitative estimate of drug-likeness (QED) is 0.709. The van der Waals surface area contributed by atoms with Gasteiger partial charge in [0.2, 0.25) is 10.0 Å². The first kappa shape index (κ1) is 13.1. The Morgan fingerprint density at radius 3 is 2.81 bits per heavy atom. The van der Waals surface area contributed by atoms with E-state index in [-0.39, 0.29) is 13.2 Å². The lowest BCUT2D eigenvalue weighted by Crippen LogP contribution is -2.36. The molecule has 0 saturated heterocycles. The minimum absolute atomic E-state index is 0.272. The number of rotatable bonds is 6. The van der Waals surface area contributed by atoms with Crippen LogP contribution < -0.4 is 4.72 Å². The van der Waals surface area contributed by atoms with E-state index in [9.17, 15) is 8.42 Å². The predicted octanol–water partition coefficient (Wildman–Crippen LogP) is -0.508. The molecular weight excluding hydrogens is 230 g/mol. The number of aryl methyl sites for hydroxylation is 1. The molecule has 0 radical (unpaired) electrons. The van der Waals surface area contributed by atoms with Gasteiger partial charge in [-0.3, -0.25) is 4.68 Å². The minimum Gasteiger partial charge on any atom is -0.395 e. The van der Waals surface area contributed by atoms with Gasteiger partial charge in [-0.05, 0) is 19.4 Å². The van der Waals surface area contributed by atoms with E-state index in [1.165, 1.54) is 6.92 Å². The van der Waals surface area contributed by atoms with Crippen molar-refractivity contribution in [1.82, 2.24) is 14.5 Å². The predicted molar refractivity (Wildman–Crippen MR) is 60.4 cm³/mol. The lowest BCUT2D eigenvalue weighted by molar-refractivity contribution is 0.294. The molecule has 0 aliphatic carbocycles. The van der Waals surface area contributed by atoms with Crippen molar-refractivity contribution in [1.29, 1.82) is 0 Å². The van der Waals surface area contributed by atoms with Gasteiger partial charge in [-0.1, -0.05) is 0 Å². The van der Waals surface area contributed by atoms with Crippen molar-refractivity contribution in [3.63, 3.8) is 0 Å². The number of hydrogen-bond donors (Lipinski definition) is 2. The van der Waals surface area contributed by atoms with Crippen LogP contribution >= 0.6 is 0 Å². The standard InChI is InChI=1S/C9H17N3O3S/c1-8-5-10-12(6-8)4-3-11-16(14,15)9(2)7-13/h5-6,9,11,13H,3-4,7H2,1-2H3. The first-order valence-electron chi connectivity index (χ1n) is 5.04. The van der Waals surface area contributed by atoms with Crippen LogP contribution in [0.25, 0.3) is 0 Å². The van der Waals surface area contributed by atoms with Gasteiger partial charge in [0.05, 0.1) is 24.6 Å². The lowest BCUT2D eigenvalue weighted by Gasteiger charge is -2.11. The van der Waals surface area contributed by atoms with Crippen molar-refractivity contribution in [2.24, 2.45) is 0 Å². The molecule has 0 fully saturated rings. The smallest absolute Gasteiger partial charge is 0.216 e. The monoisotopic (exact) mass is 247 g/mol. The van der Waals surface area contributed by atoms with Crippen LogP contribution in [-0.4, -0.2) is 41.7 Å². The van der Waals surface area contributed by atoms with Crippen LogP contribution in [0.2, 0.25) is 0 Å². The van der Waals surface area contributed by atoms with Crippen LogP contribution in [0.15, 0.2) is 12.4 Å². The Bertz CT molecular complexity index is 427. The SMILES string of the molecule is Cc1cnn(CCNS(=O)(=O)C(C)CO)c1. The number of nitrogens with zero attached hydrogens (tertiary/aromatic N) is 2. The van der Waals surface area contributed by atoms with E-state index in [1.54, 1.807) is 10.9 Å². The Hall–Kier alpha value is -0.920. The van der Waals surface area contributed by atoms with Gasteiger partial charge in [0.15, 0.2) is 0 Å². The summed E-state index contributed by atoms with van der Waals surface area (Å²) in [5, 5.41) is 12.0. The Labute approximate surface area is 95.3 Å². The zero-order valence-corrected chi connectivity index (χ0v) is 10.2. The van der Waals surface area contributed by atoms with Crippen molar-refractivity contribution in [3.8, 4) is 0 Å². The molecule has 1 aromatic rings. The number of nitrogens with one attached hydrogen (secondary N) is 1. The third kappa shape index (κ3) is 3.58. The summed E-state index contributed by atoms with van der Waals surface area (Å²) >= 11 is 0. The molecule has 0 spiro atoms. The molecule has 1 rings (SSSR count). The fourth-order valence-corrected chi connectivity index (χ4v) is 1.99. The van der Waals surface area contributed by atoms with Gasteiger partial charge in [0.25, 0.3) is 0 Å².